The third kappa shape index (κ3) is 6.52. The first-order chi connectivity index (χ1) is 13.5. The number of aromatic nitrogens is 1. The van der Waals surface area contributed by atoms with E-state index in [0.29, 0.717) is 23.7 Å². The van der Waals surface area contributed by atoms with Gasteiger partial charge in [0.15, 0.2) is 0 Å². The number of hydrogen-bond donors (Lipinski definition) is 3. The summed E-state index contributed by atoms with van der Waals surface area (Å²) in [6, 6.07) is 10.3. The number of rotatable bonds is 7. The van der Waals surface area contributed by atoms with E-state index in [-0.39, 0.29) is 12.3 Å². The first kappa shape index (κ1) is 20.6. The quantitative estimate of drug-likeness (QED) is 0.377. The van der Waals surface area contributed by atoms with Gasteiger partial charge in [-0.3, -0.25) is 19.4 Å². The van der Waals surface area contributed by atoms with Gasteiger partial charge in [0.1, 0.15) is 5.75 Å². The second-order valence-electron chi connectivity index (χ2n) is 5.76. The van der Waals surface area contributed by atoms with Gasteiger partial charge in [0.05, 0.1) is 19.2 Å². The van der Waals surface area contributed by atoms with E-state index in [9.17, 15) is 14.4 Å². The van der Waals surface area contributed by atoms with Gasteiger partial charge in [-0.15, -0.1) is 0 Å². The lowest BCUT2D eigenvalue weighted by atomic mass is 10.2. The Bertz CT molecular complexity index is 868. The standard InChI is InChI=1S/C19H21N5O4/c1-13(10-17(25)21-12-14-6-5-9-20-11-14)23-24-19(27)18(26)22-15-7-3-4-8-16(15)28-2/h3-9,11H,10,12H2,1-2H3,(H,21,25)(H,22,26)(H,24,27)/b23-13-. The van der Waals surface area contributed by atoms with Crippen molar-refractivity contribution in [1.29, 1.82) is 0 Å². The van der Waals surface area contributed by atoms with Crippen LogP contribution in [0.1, 0.15) is 18.9 Å². The summed E-state index contributed by atoms with van der Waals surface area (Å²) in [4.78, 5) is 39.7. The van der Waals surface area contributed by atoms with Crippen LogP contribution in [0.2, 0.25) is 0 Å². The van der Waals surface area contributed by atoms with Gasteiger partial charge in [0.2, 0.25) is 5.91 Å². The average molecular weight is 383 g/mol. The SMILES string of the molecule is COc1ccccc1NC(=O)C(=O)N/N=C(/C)CC(=O)NCc1cccnc1. The van der Waals surface area contributed by atoms with Gasteiger partial charge < -0.3 is 15.4 Å². The molecule has 146 valence electrons. The molecule has 1 aromatic heterocycles. The molecule has 0 spiro atoms. The molecule has 3 N–H and O–H groups in total. The molecule has 0 fully saturated rings. The summed E-state index contributed by atoms with van der Waals surface area (Å²) >= 11 is 0. The van der Waals surface area contributed by atoms with Crippen molar-refractivity contribution >= 4 is 29.1 Å². The zero-order chi connectivity index (χ0) is 20.4. The fraction of sp³-hybridized carbons (Fsp3) is 0.211. The van der Waals surface area contributed by atoms with Crippen LogP contribution in [0.4, 0.5) is 5.69 Å². The molecule has 28 heavy (non-hydrogen) atoms. The molecule has 9 nitrogen and oxygen atoms in total. The Hall–Kier alpha value is -3.75. The number of nitrogens with one attached hydrogen (secondary N) is 3. The number of carbonyl (C=O) groups is 3. The predicted molar refractivity (Wildman–Crippen MR) is 104 cm³/mol. The molecular formula is C19H21N5O4. The highest BCUT2D eigenvalue weighted by Crippen LogP contribution is 2.22. The minimum absolute atomic E-state index is 0.0192. The molecule has 2 aromatic rings. The van der Waals surface area contributed by atoms with Crippen LogP contribution in [0.25, 0.3) is 0 Å². The first-order valence-electron chi connectivity index (χ1n) is 8.42. The molecule has 0 bridgehead atoms. The summed E-state index contributed by atoms with van der Waals surface area (Å²) in [7, 11) is 1.46. The number of nitrogens with zero attached hydrogens (tertiary/aromatic N) is 2. The minimum Gasteiger partial charge on any atom is -0.495 e. The van der Waals surface area contributed by atoms with E-state index < -0.39 is 11.8 Å². The van der Waals surface area contributed by atoms with Gasteiger partial charge in [0.25, 0.3) is 0 Å². The summed E-state index contributed by atoms with van der Waals surface area (Å²) in [5.74, 6) is -1.70. The van der Waals surface area contributed by atoms with Crippen molar-refractivity contribution in [1.82, 2.24) is 15.7 Å². The van der Waals surface area contributed by atoms with E-state index in [0.717, 1.165) is 5.56 Å². The average Bonchev–Trinajstić information content (AvgIpc) is 2.71. The lowest BCUT2D eigenvalue weighted by molar-refractivity contribution is -0.136. The number of anilines is 1. The third-order valence-electron chi connectivity index (χ3n) is 3.54. The zero-order valence-corrected chi connectivity index (χ0v) is 15.6. The van der Waals surface area contributed by atoms with Gasteiger partial charge in [0, 0.05) is 24.7 Å². The molecule has 3 amide bonds. The number of hydrogen-bond acceptors (Lipinski definition) is 6. The second-order valence-corrected chi connectivity index (χ2v) is 5.76. The number of benzene rings is 1. The van der Waals surface area contributed by atoms with Crippen molar-refractivity contribution in [2.45, 2.75) is 19.9 Å². The fourth-order valence-corrected chi connectivity index (χ4v) is 2.16. The highest BCUT2D eigenvalue weighted by Gasteiger charge is 2.15. The van der Waals surface area contributed by atoms with Gasteiger partial charge in [-0.2, -0.15) is 5.10 Å². The monoisotopic (exact) mass is 383 g/mol. The highest BCUT2D eigenvalue weighted by molar-refractivity contribution is 6.39. The molecule has 0 atom stereocenters. The molecule has 0 aliphatic carbocycles. The summed E-state index contributed by atoms with van der Waals surface area (Å²) in [5.41, 5.74) is 3.70. The summed E-state index contributed by atoms with van der Waals surface area (Å²) < 4.78 is 5.10. The van der Waals surface area contributed by atoms with Crippen molar-refractivity contribution in [3.63, 3.8) is 0 Å². The Balaban J connectivity index is 1.80. The second kappa shape index (κ2) is 10.4. The maximum atomic E-state index is 11.9. The summed E-state index contributed by atoms with van der Waals surface area (Å²) in [5, 5.41) is 8.93. The molecule has 9 heteroatoms. The van der Waals surface area contributed by atoms with E-state index in [1.807, 2.05) is 6.07 Å². The number of para-hydroxylation sites is 2. The van der Waals surface area contributed by atoms with Crippen molar-refractivity contribution < 1.29 is 19.1 Å². The lowest BCUT2D eigenvalue weighted by Crippen LogP contribution is -2.33. The summed E-state index contributed by atoms with van der Waals surface area (Å²) in [6.07, 6.45) is 3.28. The molecule has 1 aromatic carbocycles. The Morgan fingerprint density at radius 1 is 1.11 bits per heavy atom. The van der Waals surface area contributed by atoms with Crippen molar-refractivity contribution in [3.8, 4) is 5.75 Å². The fourth-order valence-electron chi connectivity index (χ4n) is 2.16. The Morgan fingerprint density at radius 3 is 2.61 bits per heavy atom. The maximum absolute atomic E-state index is 11.9. The Morgan fingerprint density at radius 2 is 1.89 bits per heavy atom. The smallest absolute Gasteiger partial charge is 0.329 e. The number of carbonyl (C=O) groups excluding carboxylic acids is 3. The topological polar surface area (TPSA) is 122 Å². The van der Waals surface area contributed by atoms with Gasteiger partial charge in [-0.25, -0.2) is 5.43 Å². The first-order valence-corrected chi connectivity index (χ1v) is 8.42. The molecule has 1 heterocycles. The largest absolute Gasteiger partial charge is 0.495 e. The van der Waals surface area contributed by atoms with Crippen LogP contribution in [0.3, 0.4) is 0 Å². The lowest BCUT2D eigenvalue weighted by Gasteiger charge is -2.09. The third-order valence-corrected chi connectivity index (χ3v) is 3.54. The van der Waals surface area contributed by atoms with Crippen LogP contribution in [-0.4, -0.2) is 35.5 Å². The van der Waals surface area contributed by atoms with Crippen LogP contribution in [0, 0.1) is 0 Å². The maximum Gasteiger partial charge on any atom is 0.329 e. The highest BCUT2D eigenvalue weighted by atomic mass is 16.5. The van der Waals surface area contributed by atoms with E-state index in [1.54, 1.807) is 49.6 Å². The zero-order valence-electron chi connectivity index (χ0n) is 15.6. The van der Waals surface area contributed by atoms with Crippen molar-refractivity contribution in [3.05, 3.63) is 54.4 Å². The van der Waals surface area contributed by atoms with Crippen LogP contribution in [0.15, 0.2) is 53.9 Å². The normalized spacial score (nSPS) is 10.7. The van der Waals surface area contributed by atoms with E-state index in [2.05, 4.69) is 26.1 Å². The molecule has 0 unspecified atom stereocenters. The molecule has 0 radical (unpaired) electrons. The molecule has 0 saturated heterocycles. The van der Waals surface area contributed by atoms with Gasteiger partial charge in [-0.1, -0.05) is 18.2 Å². The van der Waals surface area contributed by atoms with Crippen LogP contribution >= 0.6 is 0 Å². The molecule has 0 aliphatic rings. The van der Waals surface area contributed by atoms with Crippen molar-refractivity contribution in [2.24, 2.45) is 5.10 Å². The molecule has 0 aliphatic heterocycles. The minimum atomic E-state index is -0.957. The van der Waals surface area contributed by atoms with Crippen molar-refractivity contribution in [2.75, 3.05) is 12.4 Å². The predicted octanol–water partition coefficient (Wildman–Crippen LogP) is 1.23. The number of hydrazone groups is 1. The molecular weight excluding hydrogens is 362 g/mol. The van der Waals surface area contributed by atoms with E-state index in [4.69, 9.17) is 4.74 Å². The van der Waals surface area contributed by atoms with Gasteiger partial charge >= 0.3 is 11.8 Å². The van der Waals surface area contributed by atoms with Crippen LogP contribution in [0.5, 0.6) is 5.75 Å². The number of methoxy groups -OCH3 is 1. The summed E-state index contributed by atoms with van der Waals surface area (Å²) in [6.45, 7) is 1.91. The van der Waals surface area contributed by atoms with Gasteiger partial charge in [-0.05, 0) is 30.7 Å². The number of amides is 3. The van der Waals surface area contributed by atoms with Crippen LogP contribution in [-0.2, 0) is 20.9 Å². The van der Waals surface area contributed by atoms with Crippen LogP contribution < -0.4 is 20.8 Å². The molecule has 0 saturated carbocycles. The molecule has 2 rings (SSSR count). The van der Waals surface area contributed by atoms with E-state index in [1.165, 1.54) is 7.11 Å². The Labute approximate surface area is 162 Å². The number of ether oxygens (including phenoxy) is 1. The Kier molecular flexibility index (Phi) is 7.64. The number of pyridine rings is 1. The van der Waals surface area contributed by atoms with E-state index >= 15 is 0 Å².